The van der Waals surface area contributed by atoms with Crippen LogP contribution in [0.4, 0.5) is 5.95 Å². The zero-order valence-corrected chi connectivity index (χ0v) is 19.3. The number of nitrogens with zero attached hydrogens (tertiary/aromatic N) is 4. The summed E-state index contributed by atoms with van der Waals surface area (Å²) in [5, 5.41) is 3.28. The molecule has 9 heteroatoms. The summed E-state index contributed by atoms with van der Waals surface area (Å²) in [6.07, 6.45) is 1.61. The van der Waals surface area contributed by atoms with Crippen molar-refractivity contribution in [3.8, 4) is 22.7 Å². The molecule has 9 nitrogen and oxygen atoms in total. The van der Waals surface area contributed by atoms with Crippen LogP contribution in [0.15, 0.2) is 65.6 Å². The predicted molar refractivity (Wildman–Crippen MR) is 132 cm³/mol. The lowest BCUT2D eigenvalue weighted by Gasteiger charge is -2.13. The van der Waals surface area contributed by atoms with Gasteiger partial charge in [-0.25, -0.2) is 14.5 Å². The maximum absolute atomic E-state index is 13.3. The molecular weight excluding hydrogens is 432 g/mol. The predicted octanol–water partition coefficient (Wildman–Crippen LogP) is 2.33. The quantitative estimate of drug-likeness (QED) is 0.437. The molecule has 174 valence electrons. The molecular formula is C25H26N6O3. The number of nitrogens with two attached hydrogens (primary N) is 1. The summed E-state index contributed by atoms with van der Waals surface area (Å²) < 4.78 is 6.67. The maximum Gasteiger partial charge on any atom is 0.267 e. The second-order valence-corrected chi connectivity index (χ2v) is 8.02. The molecule has 1 amide bonds. The molecule has 4 rings (SSSR count). The first-order valence-corrected chi connectivity index (χ1v) is 10.7. The molecule has 4 aromatic rings. The van der Waals surface area contributed by atoms with E-state index in [0.717, 1.165) is 0 Å². The number of nitrogens with one attached hydrogen (secondary N) is 1. The molecule has 0 unspecified atom stereocenters. The fraction of sp³-hybridized carbons (Fsp3) is 0.200. The monoisotopic (exact) mass is 458 g/mol. The second-order valence-electron chi connectivity index (χ2n) is 8.02. The molecule has 0 spiro atoms. The molecule has 34 heavy (non-hydrogen) atoms. The number of carbonyl (C=O) groups excluding carboxylic acids is 1. The Morgan fingerprint density at radius 1 is 1.12 bits per heavy atom. The van der Waals surface area contributed by atoms with E-state index in [4.69, 9.17) is 10.5 Å². The summed E-state index contributed by atoms with van der Waals surface area (Å²) in [4.78, 5) is 36.8. The van der Waals surface area contributed by atoms with E-state index < -0.39 is 0 Å². The first-order chi connectivity index (χ1) is 16.4. The smallest absolute Gasteiger partial charge is 0.267 e. The minimum Gasteiger partial charge on any atom is -0.480 e. The Morgan fingerprint density at radius 3 is 2.59 bits per heavy atom. The van der Waals surface area contributed by atoms with E-state index in [-0.39, 0.29) is 23.3 Å². The van der Waals surface area contributed by atoms with Crippen molar-refractivity contribution in [2.75, 3.05) is 40.0 Å². The molecule has 3 N–H and O–H groups in total. The minimum atomic E-state index is -0.283. The van der Waals surface area contributed by atoms with Gasteiger partial charge in [0.2, 0.25) is 11.8 Å². The number of carbonyl (C=O) groups is 1. The SMILES string of the molecule is COc1ncc(-c2ccc3nc(N)n(-c4ccccc4)c(=O)c3c2)cc1C(=O)NCCN(C)C. The third kappa shape index (κ3) is 4.60. The Kier molecular flexibility index (Phi) is 6.55. The van der Waals surface area contributed by atoms with Gasteiger partial charge < -0.3 is 20.7 Å². The van der Waals surface area contributed by atoms with Crippen LogP contribution in [0.2, 0.25) is 0 Å². The van der Waals surface area contributed by atoms with Crippen molar-refractivity contribution in [3.05, 3.63) is 76.7 Å². The fourth-order valence-corrected chi connectivity index (χ4v) is 3.63. The Labute approximate surface area is 196 Å². The van der Waals surface area contributed by atoms with Crippen LogP contribution in [-0.4, -0.2) is 59.6 Å². The van der Waals surface area contributed by atoms with Crippen molar-refractivity contribution in [2.45, 2.75) is 0 Å². The Bertz CT molecular complexity index is 1400. The van der Waals surface area contributed by atoms with Gasteiger partial charge >= 0.3 is 0 Å². The van der Waals surface area contributed by atoms with Gasteiger partial charge in [-0.3, -0.25) is 9.59 Å². The van der Waals surface area contributed by atoms with Gasteiger partial charge in [0, 0.05) is 24.8 Å². The lowest BCUT2D eigenvalue weighted by molar-refractivity contribution is 0.0947. The van der Waals surface area contributed by atoms with Crippen LogP contribution in [0.3, 0.4) is 0 Å². The number of pyridine rings is 1. The van der Waals surface area contributed by atoms with E-state index in [1.165, 1.54) is 11.7 Å². The van der Waals surface area contributed by atoms with E-state index in [1.807, 2.05) is 43.3 Å². The van der Waals surface area contributed by atoms with Crippen molar-refractivity contribution in [3.63, 3.8) is 0 Å². The Morgan fingerprint density at radius 2 is 1.88 bits per heavy atom. The van der Waals surface area contributed by atoms with Crippen LogP contribution in [0.1, 0.15) is 10.4 Å². The van der Waals surface area contributed by atoms with E-state index in [1.54, 1.807) is 36.5 Å². The average molecular weight is 459 g/mol. The number of para-hydroxylation sites is 1. The first kappa shape index (κ1) is 22.9. The van der Waals surface area contributed by atoms with Crippen molar-refractivity contribution < 1.29 is 9.53 Å². The summed E-state index contributed by atoms with van der Waals surface area (Å²) in [5.74, 6) is 0.0572. The normalized spacial score (nSPS) is 11.1. The van der Waals surface area contributed by atoms with E-state index in [9.17, 15) is 9.59 Å². The molecule has 0 fully saturated rings. The highest BCUT2D eigenvalue weighted by Crippen LogP contribution is 2.26. The van der Waals surface area contributed by atoms with E-state index >= 15 is 0 Å². The summed E-state index contributed by atoms with van der Waals surface area (Å²) >= 11 is 0. The number of ether oxygens (including phenoxy) is 1. The molecule has 2 aromatic heterocycles. The number of benzene rings is 2. The van der Waals surface area contributed by atoms with Crippen LogP contribution < -0.4 is 21.3 Å². The molecule has 0 radical (unpaired) electrons. The molecule has 2 heterocycles. The number of anilines is 1. The third-order valence-electron chi connectivity index (χ3n) is 5.38. The largest absolute Gasteiger partial charge is 0.480 e. The number of amides is 1. The molecule has 2 aromatic carbocycles. The van der Waals surface area contributed by atoms with Crippen LogP contribution in [-0.2, 0) is 0 Å². The fourth-order valence-electron chi connectivity index (χ4n) is 3.63. The number of fused-ring (bicyclic) bond motifs is 1. The lowest BCUT2D eigenvalue weighted by atomic mass is 10.0. The van der Waals surface area contributed by atoms with Gasteiger partial charge in [-0.2, -0.15) is 0 Å². The molecule has 0 saturated carbocycles. The van der Waals surface area contributed by atoms with E-state index in [2.05, 4.69) is 15.3 Å². The third-order valence-corrected chi connectivity index (χ3v) is 5.38. The highest BCUT2D eigenvalue weighted by atomic mass is 16.5. The topological polar surface area (TPSA) is 115 Å². The minimum absolute atomic E-state index is 0.110. The van der Waals surface area contributed by atoms with Gasteiger partial charge in [-0.05, 0) is 50.0 Å². The molecule has 0 atom stereocenters. The van der Waals surface area contributed by atoms with Gasteiger partial charge in [-0.15, -0.1) is 0 Å². The highest BCUT2D eigenvalue weighted by Gasteiger charge is 2.17. The summed E-state index contributed by atoms with van der Waals surface area (Å²) in [7, 11) is 5.34. The maximum atomic E-state index is 13.3. The van der Waals surface area contributed by atoms with Crippen molar-refractivity contribution in [2.24, 2.45) is 0 Å². The van der Waals surface area contributed by atoms with Crippen LogP contribution >= 0.6 is 0 Å². The first-order valence-electron chi connectivity index (χ1n) is 10.7. The van der Waals surface area contributed by atoms with Crippen molar-refractivity contribution in [1.82, 2.24) is 24.8 Å². The molecule has 0 bridgehead atoms. The number of methoxy groups -OCH3 is 1. The van der Waals surface area contributed by atoms with E-state index in [0.29, 0.717) is 46.4 Å². The number of hydrogen-bond donors (Lipinski definition) is 2. The van der Waals surface area contributed by atoms with Gasteiger partial charge in [0.15, 0.2) is 0 Å². The van der Waals surface area contributed by atoms with Crippen LogP contribution in [0, 0.1) is 0 Å². The molecule has 0 aliphatic rings. The van der Waals surface area contributed by atoms with Gasteiger partial charge in [-0.1, -0.05) is 24.3 Å². The number of hydrogen-bond acceptors (Lipinski definition) is 7. The van der Waals surface area contributed by atoms with Gasteiger partial charge in [0.05, 0.1) is 23.7 Å². The molecule has 0 aliphatic carbocycles. The van der Waals surface area contributed by atoms with Gasteiger partial charge in [0.25, 0.3) is 11.5 Å². The standard InChI is InChI=1S/C25H26N6O3/c1-30(2)12-11-27-22(32)20-14-17(15-28-23(20)34-3)16-9-10-21-19(13-16)24(33)31(25(26)29-21)18-7-5-4-6-8-18/h4-10,13-15H,11-12H2,1-3H3,(H2,26,29)(H,27,32). The zero-order valence-electron chi connectivity index (χ0n) is 19.3. The Balaban J connectivity index is 1.76. The number of likely N-dealkylation sites (N-methyl/N-ethyl adjacent to an activating group) is 1. The van der Waals surface area contributed by atoms with Crippen LogP contribution in [0.25, 0.3) is 27.7 Å². The summed E-state index contributed by atoms with van der Waals surface area (Å²) in [6.45, 7) is 1.19. The van der Waals surface area contributed by atoms with Crippen molar-refractivity contribution in [1.29, 1.82) is 0 Å². The average Bonchev–Trinajstić information content (AvgIpc) is 2.84. The lowest BCUT2D eigenvalue weighted by Crippen LogP contribution is -2.31. The zero-order chi connectivity index (χ0) is 24.2. The van der Waals surface area contributed by atoms with Crippen LogP contribution in [0.5, 0.6) is 5.88 Å². The summed E-state index contributed by atoms with van der Waals surface area (Å²) in [5.41, 5.74) is 8.63. The number of rotatable bonds is 7. The summed E-state index contributed by atoms with van der Waals surface area (Å²) in [6, 6.07) is 16.1. The molecule has 0 aliphatic heterocycles. The number of nitrogen functional groups attached to an aromatic ring is 1. The van der Waals surface area contributed by atoms with Gasteiger partial charge in [0.1, 0.15) is 5.56 Å². The molecule has 0 saturated heterocycles. The number of aromatic nitrogens is 3. The van der Waals surface area contributed by atoms with Crippen molar-refractivity contribution >= 4 is 22.8 Å². The highest BCUT2D eigenvalue weighted by molar-refractivity contribution is 5.98. The Hall–Kier alpha value is -4.24. The second kappa shape index (κ2) is 9.72.